The van der Waals surface area contributed by atoms with Crippen LogP contribution in [0.15, 0.2) is 18.3 Å². The third-order valence-corrected chi connectivity index (χ3v) is 4.10. The van der Waals surface area contributed by atoms with Crippen molar-refractivity contribution < 1.29 is 19.7 Å². The molecule has 1 amide bonds. The van der Waals surface area contributed by atoms with Crippen molar-refractivity contribution in [2.24, 2.45) is 5.92 Å². The molecule has 1 saturated heterocycles. The Labute approximate surface area is 137 Å². The average molecular weight is 322 g/mol. The SMILES string of the molecule is CCCN(C[C@@H]1COC[C@@H](O)[C@H]1O)C(=O)Cc1ccc(C)cn1. The lowest BCUT2D eigenvalue weighted by Gasteiger charge is -2.35. The maximum absolute atomic E-state index is 12.6. The lowest BCUT2D eigenvalue weighted by molar-refractivity contribution is -0.141. The summed E-state index contributed by atoms with van der Waals surface area (Å²) in [6, 6.07) is 3.80. The summed E-state index contributed by atoms with van der Waals surface area (Å²) in [5.74, 6) is -0.282. The van der Waals surface area contributed by atoms with Crippen LogP contribution in [0.3, 0.4) is 0 Å². The predicted molar refractivity (Wildman–Crippen MR) is 85.9 cm³/mol. The Balaban J connectivity index is 1.99. The topological polar surface area (TPSA) is 82.9 Å². The van der Waals surface area contributed by atoms with Crippen LogP contribution in [0.4, 0.5) is 0 Å². The number of carbonyl (C=O) groups is 1. The standard InChI is InChI=1S/C17H26N2O4/c1-3-6-19(9-13-10-23-11-15(20)17(13)22)16(21)7-14-5-4-12(2)8-18-14/h4-5,8,13,15,17,20,22H,3,6-7,9-11H2,1-2H3/t13-,15-,17+/m1/s1. The number of ether oxygens (including phenoxy) is 1. The van der Waals surface area contributed by atoms with Crippen LogP contribution in [0, 0.1) is 12.8 Å². The quantitative estimate of drug-likeness (QED) is 0.799. The van der Waals surface area contributed by atoms with Crippen molar-refractivity contribution >= 4 is 5.91 Å². The zero-order valence-electron chi connectivity index (χ0n) is 13.8. The van der Waals surface area contributed by atoms with Crippen LogP contribution >= 0.6 is 0 Å². The molecule has 1 aliphatic rings. The number of aromatic nitrogens is 1. The van der Waals surface area contributed by atoms with E-state index in [1.165, 1.54) is 0 Å². The van der Waals surface area contributed by atoms with E-state index in [-0.39, 0.29) is 24.9 Å². The molecule has 0 aromatic carbocycles. The maximum atomic E-state index is 12.6. The number of amides is 1. The van der Waals surface area contributed by atoms with E-state index in [9.17, 15) is 15.0 Å². The smallest absolute Gasteiger partial charge is 0.228 e. The van der Waals surface area contributed by atoms with Gasteiger partial charge in [-0.2, -0.15) is 0 Å². The van der Waals surface area contributed by atoms with E-state index >= 15 is 0 Å². The van der Waals surface area contributed by atoms with Crippen molar-refractivity contribution in [3.8, 4) is 0 Å². The molecule has 3 atom stereocenters. The van der Waals surface area contributed by atoms with E-state index in [1.54, 1.807) is 11.1 Å². The van der Waals surface area contributed by atoms with E-state index in [1.807, 2.05) is 26.0 Å². The van der Waals surface area contributed by atoms with Gasteiger partial charge >= 0.3 is 0 Å². The fourth-order valence-corrected chi connectivity index (χ4v) is 2.75. The molecule has 23 heavy (non-hydrogen) atoms. The van der Waals surface area contributed by atoms with Gasteiger partial charge in [0.15, 0.2) is 0 Å². The van der Waals surface area contributed by atoms with Crippen molar-refractivity contribution in [3.05, 3.63) is 29.6 Å². The van der Waals surface area contributed by atoms with Crippen molar-refractivity contribution in [2.45, 2.75) is 38.9 Å². The third-order valence-electron chi connectivity index (χ3n) is 4.10. The average Bonchev–Trinajstić information content (AvgIpc) is 2.53. The maximum Gasteiger partial charge on any atom is 0.228 e. The van der Waals surface area contributed by atoms with Gasteiger partial charge in [0.25, 0.3) is 0 Å². The number of hydrogen-bond donors (Lipinski definition) is 2. The van der Waals surface area contributed by atoms with Gasteiger partial charge < -0.3 is 19.8 Å². The highest BCUT2D eigenvalue weighted by Crippen LogP contribution is 2.17. The molecule has 1 fully saturated rings. The molecule has 0 aliphatic carbocycles. The molecule has 0 saturated carbocycles. The largest absolute Gasteiger partial charge is 0.390 e. The summed E-state index contributed by atoms with van der Waals surface area (Å²) in [5.41, 5.74) is 1.80. The van der Waals surface area contributed by atoms with Crippen molar-refractivity contribution in [2.75, 3.05) is 26.3 Å². The second-order valence-electron chi connectivity index (χ2n) is 6.20. The van der Waals surface area contributed by atoms with Crippen LogP contribution < -0.4 is 0 Å². The number of aliphatic hydroxyl groups is 2. The molecule has 6 heteroatoms. The zero-order chi connectivity index (χ0) is 16.8. The van der Waals surface area contributed by atoms with Gasteiger partial charge in [0.05, 0.1) is 25.7 Å². The molecular weight excluding hydrogens is 296 g/mol. The van der Waals surface area contributed by atoms with E-state index in [4.69, 9.17) is 4.74 Å². The summed E-state index contributed by atoms with van der Waals surface area (Å²) in [4.78, 5) is 18.6. The summed E-state index contributed by atoms with van der Waals surface area (Å²) in [5, 5.41) is 19.8. The van der Waals surface area contributed by atoms with Crippen LogP contribution in [0.5, 0.6) is 0 Å². The minimum absolute atomic E-state index is 0.0181. The van der Waals surface area contributed by atoms with Crippen LogP contribution in [0.25, 0.3) is 0 Å². The summed E-state index contributed by atoms with van der Waals surface area (Å²) in [6.45, 7) is 5.47. The van der Waals surface area contributed by atoms with E-state index in [0.717, 1.165) is 17.7 Å². The second-order valence-corrected chi connectivity index (χ2v) is 6.20. The Hall–Kier alpha value is -1.50. The Morgan fingerprint density at radius 1 is 1.39 bits per heavy atom. The molecule has 2 rings (SSSR count). The Bertz CT molecular complexity index is 506. The van der Waals surface area contributed by atoms with Crippen molar-refractivity contribution in [1.29, 1.82) is 0 Å². The van der Waals surface area contributed by atoms with E-state index in [0.29, 0.717) is 19.7 Å². The van der Waals surface area contributed by atoms with Crippen LogP contribution in [0.2, 0.25) is 0 Å². The number of aryl methyl sites for hydroxylation is 1. The van der Waals surface area contributed by atoms with Gasteiger partial charge in [-0.25, -0.2) is 0 Å². The van der Waals surface area contributed by atoms with Crippen molar-refractivity contribution in [3.63, 3.8) is 0 Å². The summed E-state index contributed by atoms with van der Waals surface area (Å²) < 4.78 is 5.29. The second kappa shape index (κ2) is 8.38. The molecule has 0 bridgehead atoms. The van der Waals surface area contributed by atoms with Crippen LogP contribution in [-0.2, 0) is 16.0 Å². The molecule has 6 nitrogen and oxygen atoms in total. The Morgan fingerprint density at radius 2 is 2.17 bits per heavy atom. The monoisotopic (exact) mass is 322 g/mol. The highest BCUT2D eigenvalue weighted by molar-refractivity contribution is 5.78. The molecule has 1 aliphatic heterocycles. The number of carbonyl (C=O) groups excluding carboxylic acids is 1. The first-order valence-electron chi connectivity index (χ1n) is 8.14. The lowest BCUT2D eigenvalue weighted by Crippen LogP contribution is -2.50. The Kier molecular flexibility index (Phi) is 6.50. The molecule has 2 heterocycles. The molecule has 1 aromatic rings. The summed E-state index contributed by atoms with van der Waals surface area (Å²) >= 11 is 0. The number of rotatable bonds is 6. The minimum Gasteiger partial charge on any atom is -0.390 e. The summed E-state index contributed by atoms with van der Waals surface area (Å²) in [6.07, 6.45) is 1.09. The molecule has 0 spiro atoms. The first-order chi connectivity index (χ1) is 11.0. The zero-order valence-corrected chi connectivity index (χ0v) is 13.8. The van der Waals surface area contributed by atoms with E-state index in [2.05, 4.69) is 4.98 Å². The van der Waals surface area contributed by atoms with Gasteiger partial charge in [-0.15, -0.1) is 0 Å². The Morgan fingerprint density at radius 3 is 2.83 bits per heavy atom. The highest BCUT2D eigenvalue weighted by Gasteiger charge is 2.33. The number of aliphatic hydroxyl groups excluding tert-OH is 2. The number of nitrogens with zero attached hydrogens (tertiary/aromatic N) is 2. The highest BCUT2D eigenvalue weighted by atomic mass is 16.5. The van der Waals surface area contributed by atoms with Crippen LogP contribution in [-0.4, -0.2) is 64.5 Å². The molecule has 0 radical (unpaired) electrons. The molecule has 1 aromatic heterocycles. The number of hydrogen-bond acceptors (Lipinski definition) is 5. The van der Waals surface area contributed by atoms with Gasteiger partial charge in [-0.3, -0.25) is 9.78 Å². The molecule has 2 N–H and O–H groups in total. The van der Waals surface area contributed by atoms with Gasteiger partial charge in [0.2, 0.25) is 5.91 Å². The molecule has 0 unspecified atom stereocenters. The normalized spacial score (nSPS) is 24.4. The van der Waals surface area contributed by atoms with Gasteiger partial charge in [-0.05, 0) is 25.0 Å². The van der Waals surface area contributed by atoms with Gasteiger partial charge in [0, 0.05) is 30.9 Å². The van der Waals surface area contributed by atoms with Gasteiger partial charge in [-0.1, -0.05) is 13.0 Å². The van der Waals surface area contributed by atoms with Crippen LogP contribution in [0.1, 0.15) is 24.6 Å². The minimum atomic E-state index is -0.883. The van der Waals surface area contributed by atoms with E-state index < -0.39 is 12.2 Å². The fraction of sp³-hybridized carbons (Fsp3) is 0.647. The van der Waals surface area contributed by atoms with Gasteiger partial charge in [0.1, 0.15) is 6.10 Å². The first kappa shape index (κ1) is 17.8. The fourth-order valence-electron chi connectivity index (χ4n) is 2.75. The molecular formula is C17H26N2O4. The summed E-state index contributed by atoms with van der Waals surface area (Å²) in [7, 11) is 0. The first-order valence-corrected chi connectivity index (χ1v) is 8.14. The third kappa shape index (κ3) is 4.99. The van der Waals surface area contributed by atoms with Crippen molar-refractivity contribution in [1.82, 2.24) is 9.88 Å². The lowest BCUT2D eigenvalue weighted by atomic mass is 9.95. The predicted octanol–water partition coefficient (Wildman–Crippen LogP) is 0.539. The molecule has 128 valence electrons. The number of pyridine rings is 1.